The lowest BCUT2D eigenvalue weighted by Crippen LogP contribution is -2.12. The number of hydrogen-bond acceptors (Lipinski definition) is 2. The van der Waals surface area contributed by atoms with Crippen LogP contribution in [-0.2, 0) is 0 Å². The summed E-state index contributed by atoms with van der Waals surface area (Å²) in [7, 11) is 0. The minimum Gasteiger partial charge on any atom is -0.452 e. The van der Waals surface area contributed by atoms with Crippen LogP contribution < -0.4 is 5.73 Å². The van der Waals surface area contributed by atoms with Gasteiger partial charge in [-0.25, -0.2) is 4.39 Å². The largest absolute Gasteiger partial charge is 0.452 e. The Morgan fingerprint density at radius 2 is 1.94 bits per heavy atom. The molecule has 16 heavy (non-hydrogen) atoms. The molecule has 0 aliphatic rings. The summed E-state index contributed by atoms with van der Waals surface area (Å²) in [5.41, 5.74) is 6.64. The first-order valence-electron chi connectivity index (χ1n) is 4.54. The fraction of sp³-hybridized carbons (Fsp3) is 0.0909. The molecule has 0 saturated heterocycles. The maximum Gasteiger partial charge on any atom is 0.169 e. The van der Waals surface area contributed by atoms with Crippen LogP contribution in [0.1, 0.15) is 17.4 Å². The molecule has 2 nitrogen and oxygen atoms in total. The van der Waals surface area contributed by atoms with Gasteiger partial charge in [0.15, 0.2) is 4.67 Å². The van der Waals surface area contributed by atoms with Gasteiger partial charge in [-0.3, -0.25) is 0 Å². The Balaban J connectivity index is 2.41. The van der Waals surface area contributed by atoms with Crippen molar-refractivity contribution in [2.75, 3.05) is 0 Å². The third-order valence-electron chi connectivity index (χ3n) is 2.22. The normalized spacial score (nSPS) is 12.8. The Morgan fingerprint density at radius 3 is 2.56 bits per heavy atom. The van der Waals surface area contributed by atoms with Crippen LogP contribution in [0.15, 0.2) is 43.9 Å². The summed E-state index contributed by atoms with van der Waals surface area (Å²) in [4.78, 5) is 0. The van der Waals surface area contributed by atoms with Crippen LogP contribution >= 0.6 is 31.9 Å². The molecule has 1 aromatic carbocycles. The molecule has 2 rings (SSSR count). The smallest absolute Gasteiger partial charge is 0.169 e. The molecule has 1 atom stereocenters. The van der Waals surface area contributed by atoms with Crippen LogP contribution in [0.25, 0.3) is 0 Å². The van der Waals surface area contributed by atoms with E-state index in [1.807, 2.05) is 0 Å². The zero-order chi connectivity index (χ0) is 11.7. The average molecular weight is 349 g/mol. The average Bonchev–Trinajstić information content (AvgIpc) is 2.68. The van der Waals surface area contributed by atoms with Crippen molar-refractivity contribution in [3.8, 4) is 0 Å². The van der Waals surface area contributed by atoms with Crippen molar-refractivity contribution in [1.29, 1.82) is 0 Å². The monoisotopic (exact) mass is 347 g/mol. The van der Waals surface area contributed by atoms with E-state index in [-0.39, 0.29) is 5.82 Å². The lowest BCUT2D eigenvalue weighted by molar-refractivity contribution is 0.469. The van der Waals surface area contributed by atoms with Gasteiger partial charge < -0.3 is 10.2 Å². The predicted molar refractivity (Wildman–Crippen MR) is 66.5 cm³/mol. The van der Waals surface area contributed by atoms with E-state index in [9.17, 15) is 4.39 Å². The Morgan fingerprint density at radius 1 is 1.19 bits per heavy atom. The molecule has 0 amide bonds. The number of benzene rings is 1. The van der Waals surface area contributed by atoms with Gasteiger partial charge in [-0.15, -0.1) is 0 Å². The number of nitrogens with two attached hydrogens (primary N) is 1. The molecular formula is C11H8Br2FNO. The number of rotatable bonds is 2. The van der Waals surface area contributed by atoms with Crippen molar-refractivity contribution in [2.45, 2.75) is 6.04 Å². The minimum atomic E-state index is -0.489. The van der Waals surface area contributed by atoms with Crippen molar-refractivity contribution in [3.05, 3.63) is 56.6 Å². The highest BCUT2D eigenvalue weighted by atomic mass is 79.9. The van der Waals surface area contributed by atoms with Crippen molar-refractivity contribution in [1.82, 2.24) is 0 Å². The molecule has 1 aromatic heterocycles. The van der Waals surface area contributed by atoms with Crippen molar-refractivity contribution in [3.63, 3.8) is 0 Å². The van der Waals surface area contributed by atoms with Crippen LogP contribution in [0.2, 0.25) is 0 Å². The van der Waals surface area contributed by atoms with Gasteiger partial charge in [-0.05, 0) is 55.6 Å². The molecule has 2 N–H and O–H groups in total. The van der Waals surface area contributed by atoms with Crippen LogP contribution in [0.3, 0.4) is 0 Å². The molecule has 1 heterocycles. The van der Waals surface area contributed by atoms with Gasteiger partial charge >= 0.3 is 0 Å². The van der Waals surface area contributed by atoms with Crippen molar-refractivity contribution < 1.29 is 8.81 Å². The Hall–Kier alpha value is -0.650. The number of hydrogen-bond donors (Lipinski definition) is 1. The third kappa shape index (κ3) is 2.21. The molecule has 0 saturated carbocycles. The third-order valence-corrected chi connectivity index (χ3v) is 3.48. The Kier molecular flexibility index (Phi) is 3.47. The summed E-state index contributed by atoms with van der Waals surface area (Å²) >= 11 is 6.37. The molecule has 0 radical (unpaired) electrons. The van der Waals surface area contributed by atoms with Gasteiger partial charge in [0.1, 0.15) is 11.6 Å². The second kappa shape index (κ2) is 4.69. The molecule has 5 heteroatoms. The Bertz CT molecular complexity index is 512. The molecule has 0 bridgehead atoms. The molecule has 0 fully saturated rings. The summed E-state index contributed by atoms with van der Waals surface area (Å²) in [6.45, 7) is 0. The van der Waals surface area contributed by atoms with Crippen molar-refractivity contribution >= 4 is 31.9 Å². The quantitative estimate of drug-likeness (QED) is 0.891. The summed E-state index contributed by atoms with van der Waals surface area (Å²) < 4.78 is 19.6. The molecule has 0 spiro atoms. The highest BCUT2D eigenvalue weighted by Gasteiger charge is 2.17. The molecule has 84 valence electrons. The molecule has 0 aliphatic carbocycles. The number of halogens is 3. The molecular weight excluding hydrogens is 341 g/mol. The van der Waals surface area contributed by atoms with Crippen molar-refractivity contribution in [2.24, 2.45) is 5.73 Å². The fourth-order valence-corrected chi connectivity index (χ4v) is 2.24. The van der Waals surface area contributed by atoms with E-state index in [1.165, 1.54) is 6.07 Å². The Labute approximate surface area is 109 Å². The first-order chi connectivity index (χ1) is 7.59. The van der Waals surface area contributed by atoms with Crippen LogP contribution in [0.5, 0.6) is 0 Å². The lowest BCUT2D eigenvalue weighted by atomic mass is 10.1. The highest BCUT2D eigenvalue weighted by molar-refractivity contribution is 9.10. The predicted octanol–water partition coefficient (Wildman–Crippen LogP) is 3.99. The summed E-state index contributed by atoms with van der Waals surface area (Å²) in [5, 5.41) is 0. The van der Waals surface area contributed by atoms with E-state index < -0.39 is 6.04 Å². The van der Waals surface area contributed by atoms with Crippen LogP contribution in [0.4, 0.5) is 4.39 Å². The zero-order valence-electron chi connectivity index (χ0n) is 8.08. The van der Waals surface area contributed by atoms with E-state index in [0.717, 1.165) is 0 Å². The van der Waals surface area contributed by atoms with Crippen LogP contribution in [-0.4, -0.2) is 0 Å². The first kappa shape index (κ1) is 11.8. The standard InChI is InChI=1S/C11H8Br2FNO/c12-9-5-4-8(16-9)11(15)6-2-1-3-7(14)10(6)13/h1-5,11H,15H2. The van der Waals surface area contributed by atoms with Crippen LogP contribution in [0, 0.1) is 5.82 Å². The van der Waals surface area contributed by atoms with Gasteiger partial charge in [0.05, 0.1) is 10.5 Å². The lowest BCUT2D eigenvalue weighted by Gasteiger charge is -2.11. The second-order valence-electron chi connectivity index (χ2n) is 3.26. The van der Waals surface area contributed by atoms with E-state index in [2.05, 4.69) is 31.9 Å². The summed E-state index contributed by atoms with van der Waals surface area (Å²) in [6.07, 6.45) is 0. The maximum atomic E-state index is 13.3. The minimum absolute atomic E-state index is 0.335. The summed E-state index contributed by atoms with van der Waals surface area (Å²) in [5.74, 6) is 0.247. The first-order valence-corrected chi connectivity index (χ1v) is 6.13. The van der Waals surface area contributed by atoms with E-state index in [1.54, 1.807) is 24.3 Å². The fourth-order valence-electron chi connectivity index (χ4n) is 1.41. The van der Waals surface area contributed by atoms with Gasteiger partial charge in [0.25, 0.3) is 0 Å². The zero-order valence-corrected chi connectivity index (χ0v) is 11.3. The molecule has 2 aromatic rings. The molecule has 0 aliphatic heterocycles. The van der Waals surface area contributed by atoms with Gasteiger partial charge in [-0.2, -0.15) is 0 Å². The maximum absolute atomic E-state index is 13.3. The van der Waals surface area contributed by atoms with E-state index in [4.69, 9.17) is 10.2 Å². The SMILES string of the molecule is NC(c1ccc(Br)o1)c1cccc(F)c1Br. The topological polar surface area (TPSA) is 39.2 Å². The van der Waals surface area contributed by atoms with E-state index in [0.29, 0.717) is 20.5 Å². The molecule has 1 unspecified atom stereocenters. The highest BCUT2D eigenvalue weighted by Crippen LogP contribution is 2.30. The second-order valence-corrected chi connectivity index (χ2v) is 4.84. The van der Waals surface area contributed by atoms with Gasteiger partial charge in [-0.1, -0.05) is 12.1 Å². The summed E-state index contributed by atoms with van der Waals surface area (Å²) in [6, 6.07) is 7.77. The number of furan rings is 1. The van der Waals surface area contributed by atoms with Gasteiger partial charge in [0, 0.05) is 0 Å². The van der Waals surface area contributed by atoms with Gasteiger partial charge in [0.2, 0.25) is 0 Å². The van der Waals surface area contributed by atoms with E-state index >= 15 is 0 Å².